The van der Waals surface area contributed by atoms with Gasteiger partial charge >= 0.3 is 0 Å². The molecule has 0 aliphatic carbocycles. The molecule has 0 radical (unpaired) electrons. The number of halogens is 2. The molecule has 19 heavy (non-hydrogen) atoms. The van der Waals surface area contributed by atoms with Crippen LogP contribution in [0.1, 0.15) is 5.56 Å². The lowest BCUT2D eigenvalue weighted by molar-refractivity contribution is 0.174. The van der Waals surface area contributed by atoms with Gasteiger partial charge in [-0.25, -0.2) is 9.97 Å². The van der Waals surface area contributed by atoms with Crippen LogP contribution in [0.5, 0.6) is 23.1 Å². The van der Waals surface area contributed by atoms with Gasteiger partial charge in [0.1, 0.15) is 17.2 Å². The lowest BCUT2D eigenvalue weighted by atomic mass is 10.3. The molecule has 1 aliphatic rings. The lowest BCUT2D eigenvalue weighted by Gasteiger charge is -2.09. The predicted molar refractivity (Wildman–Crippen MR) is 69.2 cm³/mol. The molecule has 0 N–H and O–H groups in total. The Bertz CT molecular complexity index is 622. The topological polar surface area (TPSA) is 53.5 Å². The average Bonchev–Trinajstić information content (AvgIpc) is 2.86. The molecule has 0 atom stereocenters. The van der Waals surface area contributed by atoms with Gasteiger partial charge in [0.2, 0.25) is 12.7 Å². The second-order valence-corrected chi connectivity index (χ2v) is 4.32. The van der Waals surface area contributed by atoms with Crippen molar-refractivity contribution in [2.75, 3.05) is 6.79 Å². The van der Waals surface area contributed by atoms with Crippen LogP contribution >= 0.6 is 23.2 Å². The van der Waals surface area contributed by atoms with E-state index in [1.807, 2.05) is 0 Å². The Morgan fingerprint density at radius 3 is 2.89 bits per heavy atom. The van der Waals surface area contributed by atoms with Gasteiger partial charge in [-0.3, -0.25) is 0 Å². The van der Waals surface area contributed by atoms with E-state index in [1.165, 1.54) is 6.33 Å². The number of nitrogens with zero attached hydrogens (tertiary/aromatic N) is 2. The molecule has 1 aliphatic heterocycles. The van der Waals surface area contributed by atoms with Crippen LogP contribution in [0, 0.1) is 0 Å². The monoisotopic (exact) mass is 298 g/mol. The summed E-state index contributed by atoms with van der Waals surface area (Å²) in [6, 6.07) is 5.23. The molecular weight excluding hydrogens is 291 g/mol. The Balaban J connectivity index is 1.91. The Kier molecular flexibility index (Phi) is 3.31. The van der Waals surface area contributed by atoms with Crippen molar-refractivity contribution in [3.63, 3.8) is 0 Å². The Morgan fingerprint density at radius 1 is 1.21 bits per heavy atom. The van der Waals surface area contributed by atoms with Gasteiger partial charge in [-0.05, 0) is 12.1 Å². The average molecular weight is 299 g/mol. The highest BCUT2D eigenvalue weighted by Crippen LogP contribution is 2.37. The third-order valence-electron chi connectivity index (χ3n) is 2.55. The minimum Gasteiger partial charge on any atom is -0.454 e. The molecule has 98 valence electrons. The highest BCUT2D eigenvalue weighted by Gasteiger charge is 2.16. The van der Waals surface area contributed by atoms with Gasteiger partial charge < -0.3 is 14.2 Å². The number of alkyl halides is 1. The van der Waals surface area contributed by atoms with Crippen molar-refractivity contribution in [2.45, 2.75) is 5.88 Å². The van der Waals surface area contributed by atoms with Gasteiger partial charge in [-0.2, -0.15) is 0 Å². The molecule has 0 unspecified atom stereocenters. The molecule has 0 amide bonds. The van der Waals surface area contributed by atoms with E-state index in [0.29, 0.717) is 28.7 Å². The Hall–Kier alpha value is -1.72. The van der Waals surface area contributed by atoms with Crippen molar-refractivity contribution < 1.29 is 14.2 Å². The van der Waals surface area contributed by atoms with E-state index in [1.54, 1.807) is 18.2 Å². The van der Waals surface area contributed by atoms with Crippen molar-refractivity contribution in [2.24, 2.45) is 0 Å². The summed E-state index contributed by atoms with van der Waals surface area (Å²) in [5, 5.41) is 0.278. The van der Waals surface area contributed by atoms with Gasteiger partial charge in [0.05, 0.1) is 11.4 Å². The summed E-state index contributed by atoms with van der Waals surface area (Å²) in [4.78, 5) is 7.88. The van der Waals surface area contributed by atoms with Gasteiger partial charge in [0, 0.05) is 6.07 Å². The summed E-state index contributed by atoms with van der Waals surface area (Å²) in [5.74, 6) is 2.37. The van der Waals surface area contributed by atoms with Crippen LogP contribution in [0.25, 0.3) is 0 Å². The molecule has 0 saturated heterocycles. The zero-order valence-corrected chi connectivity index (χ0v) is 11.1. The van der Waals surface area contributed by atoms with Crippen LogP contribution in [-0.2, 0) is 5.88 Å². The van der Waals surface area contributed by atoms with Crippen LogP contribution in [-0.4, -0.2) is 16.8 Å². The van der Waals surface area contributed by atoms with Crippen molar-refractivity contribution in [1.82, 2.24) is 9.97 Å². The van der Waals surface area contributed by atoms with Crippen molar-refractivity contribution in [3.8, 4) is 23.1 Å². The molecule has 7 heteroatoms. The minimum absolute atomic E-state index is 0.166. The second-order valence-electron chi connectivity index (χ2n) is 3.70. The molecule has 5 nitrogen and oxygen atoms in total. The van der Waals surface area contributed by atoms with Gasteiger partial charge in [-0.1, -0.05) is 11.6 Å². The maximum Gasteiger partial charge on any atom is 0.231 e. The maximum atomic E-state index is 5.93. The Morgan fingerprint density at radius 2 is 2.05 bits per heavy atom. The molecule has 0 spiro atoms. The maximum absolute atomic E-state index is 5.93. The summed E-state index contributed by atoms with van der Waals surface area (Å²) in [6.07, 6.45) is 1.32. The first-order valence-corrected chi connectivity index (χ1v) is 6.32. The van der Waals surface area contributed by atoms with E-state index in [0.717, 1.165) is 0 Å². The highest BCUT2D eigenvalue weighted by atomic mass is 35.5. The van der Waals surface area contributed by atoms with Crippen LogP contribution in [0.2, 0.25) is 5.15 Å². The molecule has 2 heterocycles. The summed E-state index contributed by atoms with van der Waals surface area (Å²) < 4.78 is 16.1. The van der Waals surface area contributed by atoms with Crippen LogP contribution in [0.4, 0.5) is 0 Å². The highest BCUT2D eigenvalue weighted by molar-refractivity contribution is 6.31. The largest absolute Gasteiger partial charge is 0.454 e. The van der Waals surface area contributed by atoms with Gasteiger partial charge in [0.15, 0.2) is 11.5 Å². The SMILES string of the molecule is ClCc1c(Cl)ncnc1Oc1ccc2c(c1)OCO2. The normalized spacial score (nSPS) is 12.5. The quantitative estimate of drug-likeness (QED) is 0.642. The lowest BCUT2D eigenvalue weighted by Crippen LogP contribution is -1.96. The van der Waals surface area contributed by atoms with Crippen LogP contribution < -0.4 is 14.2 Å². The van der Waals surface area contributed by atoms with Crippen molar-refractivity contribution in [1.29, 1.82) is 0 Å². The molecule has 3 rings (SSSR count). The molecule has 0 saturated carbocycles. The molecule has 2 aromatic rings. The molecular formula is C12H8Cl2N2O3. The number of rotatable bonds is 3. The number of hydrogen-bond donors (Lipinski definition) is 0. The molecule has 0 bridgehead atoms. The van der Waals surface area contributed by atoms with E-state index in [4.69, 9.17) is 37.4 Å². The first-order chi connectivity index (χ1) is 9.28. The van der Waals surface area contributed by atoms with E-state index in [2.05, 4.69) is 9.97 Å². The zero-order valence-electron chi connectivity index (χ0n) is 9.60. The third kappa shape index (κ3) is 2.39. The van der Waals surface area contributed by atoms with Gasteiger partial charge in [0.25, 0.3) is 0 Å². The van der Waals surface area contributed by atoms with Crippen LogP contribution in [0.3, 0.4) is 0 Å². The first-order valence-electron chi connectivity index (χ1n) is 5.41. The fourth-order valence-corrected chi connectivity index (χ4v) is 2.13. The fourth-order valence-electron chi connectivity index (χ4n) is 1.63. The number of hydrogen-bond acceptors (Lipinski definition) is 5. The first kappa shape index (κ1) is 12.3. The predicted octanol–water partition coefficient (Wildman–Crippen LogP) is 3.39. The number of fused-ring (bicyclic) bond motifs is 1. The third-order valence-corrected chi connectivity index (χ3v) is 3.14. The Labute approximate surface area is 119 Å². The van der Waals surface area contributed by atoms with E-state index in [9.17, 15) is 0 Å². The van der Waals surface area contributed by atoms with E-state index >= 15 is 0 Å². The molecule has 1 aromatic heterocycles. The number of benzene rings is 1. The summed E-state index contributed by atoms with van der Waals surface area (Å²) >= 11 is 11.7. The van der Waals surface area contributed by atoms with Gasteiger partial charge in [-0.15, -0.1) is 11.6 Å². The van der Waals surface area contributed by atoms with E-state index in [-0.39, 0.29) is 17.8 Å². The fraction of sp³-hybridized carbons (Fsp3) is 0.167. The summed E-state index contributed by atoms with van der Waals surface area (Å²) in [6.45, 7) is 0.213. The summed E-state index contributed by atoms with van der Waals surface area (Å²) in [7, 11) is 0. The summed E-state index contributed by atoms with van der Waals surface area (Å²) in [5.41, 5.74) is 0.545. The zero-order chi connectivity index (χ0) is 13.2. The van der Waals surface area contributed by atoms with Crippen molar-refractivity contribution >= 4 is 23.2 Å². The van der Waals surface area contributed by atoms with Crippen molar-refractivity contribution in [3.05, 3.63) is 35.2 Å². The smallest absolute Gasteiger partial charge is 0.231 e. The second kappa shape index (κ2) is 5.11. The van der Waals surface area contributed by atoms with Crippen LogP contribution in [0.15, 0.2) is 24.5 Å². The molecule has 0 fully saturated rings. The standard InChI is InChI=1S/C12H8Cl2N2O3/c13-4-8-11(14)15-5-16-12(8)19-7-1-2-9-10(3-7)18-6-17-9/h1-3,5H,4,6H2. The number of ether oxygens (including phenoxy) is 3. The number of aromatic nitrogens is 2. The minimum atomic E-state index is 0.166. The van der Waals surface area contributed by atoms with E-state index < -0.39 is 0 Å². The molecule has 1 aromatic carbocycles.